The van der Waals surface area contributed by atoms with Gasteiger partial charge in [0.05, 0.1) is 21.9 Å². The Hall–Kier alpha value is -0.840. The number of benzene rings is 1. The Balaban J connectivity index is 2.12. The smallest absolute Gasteiger partial charge is 0.144 e. The average Bonchev–Trinajstić information content (AvgIpc) is 2.76. The van der Waals surface area contributed by atoms with Gasteiger partial charge in [-0.2, -0.15) is 0 Å². The van der Waals surface area contributed by atoms with Gasteiger partial charge in [-0.1, -0.05) is 25.4 Å². The zero-order chi connectivity index (χ0) is 15.4. The van der Waals surface area contributed by atoms with E-state index >= 15 is 0 Å². The van der Waals surface area contributed by atoms with Crippen LogP contribution in [-0.2, 0) is 17.2 Å². The maximum absolute atomic E-state index is 13.6. The van der Waals surface area contributed by atoms with Gasteiger partial charge in [-0.25, -0.2) is 9.37 Å². The first kappa shape index (κ1) is 16.5. The number of ether oxygens (including phenoxy) is 1. The summed E-state index contributed by atoms with van der Waals surface area (Å²) in [4.78, 5) is 4.40. The highest BCUT2D eigenvalue weighted by Gasteiger charge is 2.13. The molecule has 3 nitrogen and oxygen atoms in total. The first-order valence-corrected chi connectivity index (χ1v) is 7.92. The highest BCUT2D eigenvalue weighted by Crippen LogP contribution is 2.24. The topological polar surface area (TPSA) is 27.1 Å². The van der Waals surface area contributed by atoms with Crippen LogP contribution in [0.5, 0.6) is 0 Å². The Morgan fingerprint density at radius 3 is 2.81 bits per heavy atom. The second-order valence-electron chi connectivity index (χ2n) is 5.39. The lowest BCUT2D eigenvalue weighted by Gasteiger charge is -2.09. The quantitative estimate of drug-likeness (QED) is 0.546. The molecule has 6 heteroatoms. The summed E-state index contributed by atoms with van der Waals surface area (Å²) >= 11 is 11.7. The third-order valence-electron chi connectivity index (χ3n) is 3.11. The Kier molecular flexibility index (Phi) is 5.85. The molecule has 0 aliphatic rings. The predicted octanol–water partition coefficient (Wildman–Crippen LogP) is 4.63. The highest BCUT2D eigenvalue weighted by molar-refractivity contribution is 6.31. The summed E-state index contributed by atoms with van der Waals surface area (Å²) in [6.07, 6.45) is 0.826. The van der Waals surface area contributed by atoms with Crippen molar-refractivity contribution in [3.63, 3.8) is 0 Å². The minimum atomic E-state index is -0.442. The summed E-state index contributed by atoms with van der Waals surface area (Å²) < 4.78 is 21.1. The van der Waals surface area contributed by atoms with Crippen LogP contribution in [0.1, 0.15) is 26.1 Å². The van der Waals surface area contributed by atoms with Crippen molar-refractivity contribution in [1.82, 2.24) is 9.55 Å². The number of rotatable bonds is 7. The second kappa shape index (κ2) is 7.43. The number of alkyl halides is 1. The fourth-order valence-corrected chi connectivity index (χ4v) is 2.53. The van der Waals surface area contributed by atoms with Crippen molar-refractivity contribution in [2.24, 2.45) is 5.92 Å². The third kappa shape index (κ3) is 4.09. The Bertz CT molecular complexity index is 613. The zero-order valence-corrected chi connectivity index (χ0v) is 13.7. The van der Waals surface area contributed by atoms with Crippen LogP contribution in [0.15, 0.2) is 12.1 Å². The van der Waals surface area contributed by atoms with Gasteiger partial charge in [-0.15, -0.1) is 11.6 Å². The molecule has 0 fully saturated rings. The molecule has 0 radical (unpaired) electrons. The van der Waals surface area contributed by atoms with E-state index in [0.717, 1.165) is 24.4 Å². The minimum absolute atomic E-state index is 0.0774. The van der Waals surface area contributed by atoms with Gasteiger partial charge in [0.1, 0.15) is 11.6 Å². The van der Waals surface area contributed by atoms with Crippen molar-refractivity contribution in [3.05, 3.63) is 28.8 Å². The molecular weight excluding hydrogens is 314 g/mol. The number of imidazole rings is 1. The van der Waals surface area contributed by atoms with Gasteiger partial charge in [0.15, 0.2) is 0 Å². The van der Waals surface area contributed by atoms with Crippen LogP contribution in [0.4, 0.5) is 4.39 Å². The van der Waals surface area contributed by atoms with Crippen LogP contribution in [0.3, 0.4) is 0 Å². The Labute approximate surface area is 134 Å². The number of aryl methyl sites for hydroxylation is 1. The van der Waals surface area contributed by atoms with E-state index in [9.17, 15) is 4.39 Å². The number of hydrogen-bond acceptors (Lipinski definition) is 2. The van der Waals surface area contributed by atoms with E-state index in [1.54, 1.807) is 0 Å². The normalized spacial score (nSPS) is 11.7. The first-order valence-electron chi connectivity index (χ1n) is 7.00. The van der Waals surface area contributed by atoms with Crippen molar-refractivity contribution in [3.8, 4) is 0 Å². The largest absolute Gasteiger partial charge is 0.381 e. The first-order chi connectivity index (χ1) is 10.0. The van der Waals surface area contributed by atoms with Crippen molar-refractivity contribution in [2.75, 3.05) is 13.2 Å². The summed E-state index contributed by atoms with van der Waals surface area (Å²) in [7, 11) is 0. The molecule has 0 N–H and O–H groups in total. The molecule has 0 unspecified atom stereocenters. The molecule has 0 aliphatic heterocycles. The Morgan fingerprint density at radius 1 is 1.38 bits per heavy atom. The Morgan fingerprint density at radius 2 is 2.14 bits per heavy atom. The molecular formula is C15H19Cl2FN2O. The molecule has 116 valence electrons. The number of halogens is 3. The fourth-order valence-electron chi connectivity index (χ4n) is 2.17. The van der Waals surface area contributed by atoms with Crippen molar-refractivity contribution in [1.29, 1.82) is 0 Å². The molecule has 0 aliphatic carbocycles. The summed E-state index contributed by atoms with van der Waals surface area (Å²) in [6, 6.07) is 2.95. The molecule has 0 saturated heterocycles. The summed E-state index contributed by atoms with van der Waals surface area (Å²) in [5, 5.41) is 0.0774. The second-order valence-corrected chi connectivity index (χ2v) is 6.07. The number of nitrogens with zero attached hydrogens (tertiary/aromatic N) is 2. The molecule has 1 aromatic carbocycles. The molecule has 0 spiro atoms. The molecule has 2 aromatic rings. The van der Waals surface area contributed by atoms with Gasteiger partial charge in [0.2, 0.25) is 0 Å². The van der Waals surface area contributed by atoms with Crippen LogP contribution < -0.4 is 0 Å². The number of aromatic nitrogens is 2. The monoisotopic (exact) mass is 332 g/mol. The van der Waals surface area contributed by atoms with Crippen LogP contribution in [-0.4, -0.2) is 22.8 Å². The standard InChI is InChI=1S/C15H19Cl2FN2O/c1-10(2)9-21-5-3-4-20-14-7-12(18)11(17)6-13(14)19-15(20)8-16/h6-7,10H,3-5,8-9H2,1-2H3. The van der Waals surface area contributed by atoms with Gasteiger partial charge in [-0.05, 0) is 18.4 Å². The lowest BCUT2D eigenvalue weighted by atomic mass is 10.2. The van der Waals surface area contributed by atoms with Crippen LogP contribution >= 0.6 is 23.2 Å². The van der Waals surface area contributed by atoms with Gasteiger partial charge >= 0.3 is 0 Å². The molecule has 1 aromatic heterocycles. The molecule has 0 amide bonds. The van der Waals surface area contributed by atoms with Crippen LogP contribution in [0.2, 0.25) is 5.02 Å². The van der Waals surface area contributed by atoms with Crippen LogP contribution in [0, 0.1) is 11.7 Å². The summed E-state index contributed by atoms with van der Waals surface area (Å²) in [6.45, 7) is 6.33. The summed E-state index contributed by atoms with van der Waals surface area (Å²) in [5.74, 6) is 1.08. The molecule has 0 atom stereocenters. The number of hydrogen-bond donors (Lipinski definition) is 0. The van der Waals surface area contributed by atoms with Gasteiger partial charge < -0.3 is 9.30 Å². The molecule has 21 heavy (non-hydrogen) atoms. The molecule has 2 rings (SSSR count). The molecule has 0 bridgehead atoms. The maximum Gasteiger partial charge on any atom is 0.144 e. The van der Waals surface area contributed by atoms with Gasteiger partial charge in [0.25, 0.3) is 0 Å². The molecule has 0 saturated carbocycles. The average molecular weight is 333 g/mol. The maximum atomic E-state index is 13.6. The highest BCUT2D eigenvalue weighted by atomic mass is 35.5. The minimum Gasteiger partial charge on any atom is -0.381 e. The van der Waals surface area contributed by atoms with E-state index in [1.165, 1.54) is 12.1 Å². The van der Waals surface area contributed by atoms with E-state index in [4.69, 9.17) is 27.9 Å². The summed E-state index contributed by atoms with van der Waals surface area (Å²) in [5.41, 5.74) is 1.39. The fraction of sp³-hybridized carbons (Fsp3) is 0.533. The van der Waals surface area contributed by atoms with Gasteiger partial charge in [0, 0.05) is 25.8 Å². The predicted molar refractivity (Wildman–Crippen MR) is 84.5 cm³/mol. The van der Waals surface area contributed by atoms with E-state index in [-0.39, 0.29) is 10.9 Å². The van der Waals surface area contributed by atoms with E-state index in [1.807, 2.05) is 4.57 Å². The number of fused-ring (bicyclic) bond motifs is 1. The van der Waals surface area contributed by atoms with Crippen LogP contribution in [0.25, 0.3) is 11.0 Å². The zero-order valence-electron chi connectivity index (χ0n) is 12.2. The van der Waals surface area contributed by atoms with E-state index in [2.05, 4.69) is 18.8 Å². The van der Waals surface area contributed by atoms with Crippen molar-refractivity contribution in [2.45, 2.75) is 32.7 Å². The van der Waals surface area contributed by atoms with Gasteiger partial charge in [-0.3, -0.25) is 0 Å². The van der Waals surface area contributed by atoms with E-state index in [0.29, 0.717) is 24.6 Å². The molecule has 1 heterocycles. The lowest BCUT2D eigenvalue weighted by Crippen LogP contribution is -2.08. The lowest BCUT2D eigenvalue weighted by molar-refractivity contribution is 0.105. The van der Waals surface area contributed by atoms with Crippen molar-refractivity contribution >= 4 is 34.2 Å². The van der Waals surface area contributed by atoms with E-state index < -0.39 is 5.82 Å². The van der Waals surface area contributed by atoms with Crippen molar-refractivity contribution < 1.29 is 9.13 Å². The SMILES string of the molecule is CC(C)COCCCn1c(CCl)nc2cc(Cl)c(F)cc21. The third-order valence-corrected chi connectivity index (χ3v) is 3.64.